The summed E-state index contributed by atoms with van der Waals surface area (Å²) < 4.78 is 0.959. The van der Waals surface area contributed by atoms with Crippen LogP contribution in [0.25, 0.3) is 10.2 Å². The van der Waals surface area contributed by atoms with Gasteiger partial charge in [-0.15, -0.1) is 0 Å². The van der Waals surface area contributed by atoms with Crippen LogP contribution in [0.3, 0.4) is 0 Å². The zero-order valence-electron chi connectivity index (χ0n) is 12.4. The summed E-state index contributed by atoms with van der Waals surface area (Å²) >= 11 is 13.4. The van der Waals surface area contributed by atoms with Crippen LogP contribution in [0.1, 0.15) is 21.5 Å². The Morgan fingerprint density at radius 1 is 1.26 bits per heavy atom. The fourth-order valence-corrected chi connectivity index (χ4v) is 3.64. The molecule has 1 aromatic heterocycles. The zero-order chi connectivity index (χ0) is 16.7. The van der Waals surface area contributed by atoms with Gasteiger partial charge in [-0.25, -0.2) is 4.98 Å². The number of carbonyl (C=O) groups is 1. The van der Waals surface area contributed by atoms with Crippen molar-refractivity contribution < 1.29 is 4.79 Å². The minimum Gasteiger partial charge on any atom is -0.375 e. The van der Waals surface area contributed by atoms with Gasteiger partial charge in [0.15, 0.2) is 5.13 Å². The molecule has 0 aliphatic carbocycles. The smallest absolute Gasteiger partial charge is 0.257 e. The first kappa shape index (κ1) is 16.1. The molecule has 0 aliphatic heterocycles. The SMILES string of the molecule is Cc1cc2nc(N)sc2c(C)c1NC(=O)c1cc(Cl)ccc1Cl. The van der Waals surface area contributed by atoms with E-state index in [4.69, 9.17) is 28.9 Å². The normalized spacial score (nSPS) is 11.0. The number of nitrogen functional groups attached to an aromatic ring is 1. The van der Waals surface area contributed by atoms with E-state index in [2.05, 4.69) is 10.3 Å². The molecule has 0 radical (unpaired) electrons. The Morgan fingerprint density at radius 2 is 2.00 bits per heavy atom. The van der Waals surface area contributed by atoms with Crippen molar-refractivity contribution >= 4 is 61.5 Å². The molecule has 1 amide bonds. The van der Waals surface area contributed by atoms with Crippen molar-refractivity contribution in [2.24, 2.45) is 0 Å². The summed E-state index contributed by atoms with van der Waals surface area (Å²) in [4.78, 5) is 16.8. The topological polar surface area (TPSA) is 68.0 Å². The van der Waals surface area contributed by atoms with Crippen molar-refractivity contribution in [1.82, 2.24) is 4.98 Å². The molecule has 118 valence electrons. The Morgan fingerprint density at radius 3 is 2.74 bits per heavy atom. The highest BCUT2D eigenvalue weighted by atomic mass is 35.5. The molecule has 0 fully saturated rings. The molecule has 0 saturated carbocycles. The molecule has 0 aliphatic rings. The number of amides is 1. The van der Waals surface area contributed by atoms with Gasteiger partial charge in [0.05, 0.1) is 20.8 Å². The van der Waals surface area contributed by atoms with Gasteiger partial charge in [0.25, 0.3) is 5.91 Å². The third kappa shape index (κ3) is 3.00. The van der Waals surface area contributed by atoms with Crippen LogP contribution < -0.4 is 11.1 Å². The summed E-state index contributed by atoms with van der Waals surface area (Å²) in [5, 5.41) is 4.23. The second kappa shape index (κ2) is 6.00. The van der Waals surface area contributed by atoms with Gasteiger partial charge in [0, 0.05) is 10.7 Å². The molecule has 0 saturated heterocycles. The molecule has 23 heavy (non-hydrogen) atoms. The number of nitrogens with zero attached hydrogens (tertiary/aromatic N) is 1. The number of benzene rings is 2. The highest BCUT2D eigenvalue weighted by molar-refractivity contribution is 7.22. The largest absolute Gasteiger partial charge is 0.375 e. The molecule has 0 bridgehead atoms. The highest BCUT2D eigenvalue weighted by Crippen LogP contribution is 2.34. The summed E-state index contributed by atoms with van der Waals surface area (Å²) in [7, 11) is 0. The van der Waals surface area contributed by atoms with Gasteiger partial charge in [-0.2, -0.15) is 0 Å². The van der Waals surface area contributed by atoms with E-state index in [1.165, 1.54) is 11.3 Å². The molecule has 3 rings (SSSR count). The number of hydrogen-bond acceptors (Lipinski definition) is 4. The van der Waals surface area contributed by atoms with E-state index in [0.29, 0.717) is 20.7 Å². The number of hydrogen-bond donors (Lipinski definition) is 2. The third-order valence-electron chi connectivity index (χ3n) is 3.54. The molecule has 0 unspecified atom stereocenters. The van der Waals surface area contributed by atoms with Crippen molar-refractivity contribution in [1.29, 1.82) is 0 Å². The summed E-state index contributed by atoms with van der Waals surface area (Å²) in [6.45, 7) is 3.85. The number of aryl methyl sites for hydroxylation is 2. The highest BCUT2D eigenvalue weighted by Gasteiger charge is 2.16. The Bertz CT molecular complexity index is 937. The summed E-state index contributed by atoms with van der Waals surface area (Å²) in [5.41, 5.74) is 9.52. The lowest BCUT2D eigenvalue weighted by Crippen LogP contribution is -2.14. The standard InChI is InChI=1S/C16H13Cl2N3OS/c1-7-5-12-14(23-16(19)20-12)8(2)13(7)21-15(22)10-6-9(17)3-4-11(10)18/h3-6H,1-2H3,(H2,19,20)(H,21,22). The molecule has 0 spiro atoms. The second-order valence-corrected chi connectivity index (χ2v) is 7.05. The molecule has 3 aromatic rings. The number of nitrogens with one attached hydrogen (secondary N) is 1. The van der Waals surface area contributed by atoms with Crippen molar-refractivity contribution in [2.75, 3.05) is 11.1 Å². The maximum atomic E-state index is 12.5. The number of thiazole rings is 1. The Balaban J connectivity index is 2.04. The van der Waals surface area contributed by atoms with E-state index in [9.17, 15) is 4.79 Å². The van der Waals surface area contributed by atoms with Gasteiger partial charge in [0.1, 0.15) is 0 Å². The lowest BCUT2D eigenvalue weighted by molar-refractivity contribution is 0.102. The molecule has 0 atom stereocenters. The number of aromatic nitrogens is 1. The number of carbonyl (C=O) groups excluding carboxylic acids is 1. The Labute approximate surface area is 147 Å². The first-order chi connectivity index (χ1) is 10.9. The van der Waals surface area contributed by atoms with Crippen LogP contribution in [-0.2, 0) is 0 Å². The predicted octanol–water partition coefficient (Wildman–Crippen LogP) is 5.05. The summed E-state index contributed by atoms with van der Waals surface area (Å²) in [5.74, 6) is -0.305. The van der Waals surface area contributed by atoms with Gasteiger partial charge in [-0.05, 0) is 49.2 Å². The molecule has 7 heteroatoms. The number of halogens is 2. The van der Waals surface area contributed by atoms with Crippen LogP contribution >= 0.6 is 34.5 Å². The summed E-state index contributed by atoms with van der Waals surface area (Å²) in [6, 6.07) is 6.70. The van der Waals surface area contributed by atoms with Crippen LogP contribution in [0, 0.1) is 13.8 Å². The van der Waals surface area contributed by atoms with Gasteiger partial charge in [0.2, 0.25) is 0 Å². The van der Waals surface area contributed by atoms with Crippen LogP contribution in [-0.4, -0.2) is 10.9 Å². The minimum atomic E-state index is -0.305. The van der Waals surface area contributed by atoms with Gasteiger partial charge in [-0.3, -0.25) is 4.79 Å². The van der Waals surface area contributed by atoms with E-state index < -0.39 is 0 Å². The molecule has 1 heterocycles. The maximum Gasteiger partial charge on any atom is 0.257 e. The number of rotatable bonds is 2. The van der Waals surface area contributed by atoms with E-state index in [1.54, 1.807) is 18.2 Å². The van der Waals surface area contributed by atoms with E-state index in [-0.39, 0.29) is 5.91 Å². The third-order valence-corrected chi connectivity index (χ3v) is 5.13. The number of anilines is 2. The van der Waals surface area contributed by atoms with Crippen molar-refractivity contribution in [3.05, 3.63) is 51.0 Å². The average Bonchev–Trinajstić information content (AvgIpc) is 2.86. The van der Waals surface area contributed by atoms with E-state index >= 15 is 0 Å². The van der Waals surface area contributed by atoms with Crippen molar-refractivity contribution in [2.45, 2.75) is 13.8 Å². The van der Waals surface area contributed by atoms with Crippen molar-refractivity contribution in [3.8, 4) is 0 Å². The van der Waals surface area contributed by atoms with E-state index in [0.717, 1.165) is 27.0 Å². The molecule has 4 nitrogen and oxygen atoms in total. The lowest BCUT2D eigenvalue weighted by atomic mass is 10.1. The fourth-order valence-electron chi connectivity index (χ4n) is 2.45. The van der Waals surface area contributed by atoms with Crippen molar-refractivity contribution in [3.63, 3.8) is 0 Å². The molecule has 2 aromatic carbocycles. The Hall–Kier alpha value is -1.82. The fraction of sp³-hybridized carbons (Fsp3) is 0.125. The van der Waals surface area contributed by atoms with Crippen LogP contribution in [0.2, 0.25) is 10.0 Å². The first-order valence-electron chi connectivity index (χ1n) is 6.79. The monoisotopic (exact) mass is 365 g/mol. The molecule has 3 N–H and O–H groups in total. The van der Waals surface area contributed by atoms with Crippen LogP contribution in [0.5, 0.6) is 0 Å². The second-order valence-electron chi connectivity index (χ2n) is 5.17. The van der Waals surface area contributed by atoms with Gasteiger partial charge < -0.3 is 11.1 Å². The van der Waals surface area contributed by atoms with Gasteiger partial charge >= 0.3 is 0 Å². The average molecular weight is 366 g/mol. The number of fused-ring (bicyclic) bond motifs is 1. The first-order valence-corrected chi connectivity index (χ1v) is 8.36. The molecular weight excluding hydrogens is 353 g/mol. The summed E-state index contributed by atoms with van der Waals surface area (Å²) in [6.07, 6.45) is 0. The van der Waals surface area contributed by atoms with Gasteiger partial charge in [-0.1, -0.05) is 34.5 Å². The predicted molar refractivity (Wildman–Crippen MR) is 97.9 cm³/mol. The maximum absolute atomic E-state index is 12.5. The molecular formula is C16H13Cl2N3OS. The van der Waals surface area contributed by atoms with E-state index in [1.807, 2.05) is 19.9 Å². The van der Waals surface area contributed by atoms with Crippen LogP contribution in [0.4, 0.5) is 10.8 Å². The quantitative estimate of drug-likeness (QED) is 0.667. The minimum absolute atomic E-state index is 0.305. The Kier molecular flexibility index (Phi) is 4.19. The number of nitrogens with two attached hydrogens (primary N) is 1. The lowest BCUT2D eigenvalue weighted by Gasteiger charge is -2.13. The zero-order valence-corrected chi connectivity index (χ0v) is 14.7. The van der Waals surface area contributed by atoms with Crippen LogP contribution in [0.15, 0.2) is 24.3 Å².